The molecule has 0 spiro atoms. The number of carbonyl (C=O) groups is 1. The Hall–Kier alpha value is -3.04. The van der Waals surface area contributed by atoms with E-state index >= 15 is 0 Å². The van der Waals surface area contributed by atoms with E-state index in [9.17, 15) is 13.6 Å². The van der Waals surface area contributed by atoms with Gasteiger partial charge >= 0.3 is 0 Å². The summed E-state index contributed by atoms with van der Waals surface area (Å²) in [5.41, 5.74) is 1.48. The van der Waals surface area contributed by atoms with E-state index < -0.39 is 17.5 Å². The van der Waals surface area contributed by atoms with Crippen molar-refractivity contribution in [1.82, 2.24) is 19.9 Å². The number of nitrogens with zero attached hydrogens (tertiary/aromatic N) is 5. The lowest BCUT2D eigenvalue weighted by Crippen LogP contribution is -2.37. The van der Waals surface area contributed by atoms with Gasteiger partial charge in [0.25, 0.3) is 5.91 Å². The van der Waals surface area contributed by atoms with Crippen LogP contribution in [-0.2, 0) is 0 Å². The molecular formula is C20H17F2N5OS. The quantitative estimate of drug-likeness (QED) is 0.499. The average Bonchev–Trinajstić information content (AvgIpc) is 3.11. The summed E-state index contributed by atoms with van der Waals surface area (Å²) in [6, 6.07) is 9.25. The maximum Gasteiger partial charge on any atom is 0.280 e. The number of fused-ring (bicyclic) bond motifs is 2. The van der Waals surface area contributed by atoms with Gasteiger partial charge in [0.2, 0.25) is 0 Å². The van der Waals surface area contributed by atoms with E-state index in [0.29, 0.717) is 28.8 Å². The van der Waals surface area contributed by atoms with E-state index in [1.165, 1.54) is 17.2 Å². The molecule has 2 aromatic heterocycles. The van der Waals surface area contributed by atoms with Crippen LogP contribution in [0.1, 0.15) is 10.5 Å². The molecule has 2 aromatic carbocycles. The molecule has 4 aromatic rings. The van der Waals surface area contributed by atoms with Crippen molar-refractivity contribution >= 4 is 43.6 Å². The Morgan fingerprint density at radius 3 is 2.59 bits per heavy atom. The number of likely N-dealkylation sites (N-methyl/N-ethyl adjacent to an activating group) is 1. The molecule has 1 amide bonds. The highest BCUT2D eigenvalue weighted by Gasteiger charge is 2.24. The Morgan fingerprint density at radius 2 is 1.83 bits per heavy atom. The van der Waals surface area contributed by atoms with Crippen molar-refractivity contribution in [1.29, 1.82) is 0 Å². The van der Waals surface area contributed by atoms with Crippen molar-refractivity contribution in [3.05, 3.63) is 59.9 Å². The first-order valence-corrected chi connectivity index (χ1v) is 9.68. The standard InChI is InChI=1S/C20H17F2N5OS/c1-26(2)7-8-27(20-25-18-13(22)9-12(21)10-17(18)29-20)19(28)16-11-23-14-5-3-4-6-15(14)24-16/h3-6,9-11H,7-8H2,1-2H3. The highest BCUT2D eigenvalue weighted by Crippen LogP contribution is 2.31. The summed E-state index contributed by atoms with van der Waals surface area (Å²) in [5, 5.41) is 0.284. The van der Waals surface area contributed by atoms with Gasteiger partial charge in [-0.3, -0.25) is 14.7 Å². The van der Waals surface area contributed by atoms with Crippen LogP contribution in [-0.4, -0.2) is 52.9 Å². The summed E-state index contributed by atoms with van der Waals surface area (Å²) in [5.74, 6) is -1.84. The van der Waals surface area contributed by atoms with Crippen molar-refractivity contribution in [2.75, 3.05) is 32.1 Å². The molecule has 0 unspecified atom stereocenters. The number of benzene rings is 2. The topological polar surface area (TPSA) is 62.2 Å². The summed E-state index contributed by atoms with van der Waals surface area (Å²) in [4.78, 5) is 29.5. The molecule has 4 rings (SSSR count). The largest absolute Gasteiger partial charge is 0.308 e. The van der Waals surface area contributed by atoms with Crippen LogP contribution in [0.25, 0.3) is 21.3 Å². The van der Waals surface area contributed by atoms with Gasteiger partial charge in [0, 0.05) is 19.2 Å². The van der Waals surface area contributed by atoms with Crippen LogP contribution in [0.5, 0.6) is 0 Å². The Bertz CT molecular complexity index is 1210. The molecule has 0 aliphatic carbocycles. The molecular weight excluding hydrogens is 396 g/mol. The molecule has 0 aliphatic rings. The fourth-order valence-corrected chi connectivity index (χ4v) is 3.87. The molecule has 9 heteroatoms. The van der Waals surface area contributed by atoms with E-state index in [2.05, 4.69) is 15.0 Å². The van der Waals surface area contributed by atoms with Gasteiger partial charge in [0.15, 0.2) is 10.9 Å². The maximum atomic E-state index is 14.1. The highest BCUT2D eigenvalue weighted by molar-refractivity contribution is 7.22. The fourth-order valence-electron chi connectivity index (χ4n) is 2.84. The summed E-state index contributed by atoms with van der Waals surface area (Å²) >= 11 is 1.06. The Labute approximate surface area is 169 Å². The number of aromatic nitrogens is 3. The first kappa shape index (κ1) is 19.3. The second-order valence-corrected chi connectivity index (χ2v) is 7.74. The van der Waals surface area contributed by atoms with Gasteiger partial charge in [-0.1, -0.05) is 23.5 Å². The molecule has 148 valence electrons. The minimum atomic E-state index is -0.756. The molecule has 0 saturated heterocycles. The van der Waals surface area contributed by atoms with Gasteiger partial charge in [0.1, 0.15) is 17.0 Å². The van der Waals surface area contributed by atoms with Crippen molar-refractivity contribution in [3.8, 4) is 0 Å². The number of rotatable bonds is 5. The van der Waals surface area contributed by atoms with Crippen molar-refractivity contribution < 1.29 is 13.6 Å². The Balaban J connectivity index is 1.76. The molecule has 6 nitrogen and oxygen atoms in total. The number of anilines is 1. The SMILES string of the molecule is CN(C)CCN(C(=O)c1cnc2ccccc2n1)c1nc2c(F)cc(F)cc2s1. The van der Waals surface area contributed by atoms with Crippen LogP contribution < -0.4 is 4.90 Å². The fraction of sp³-hybridized carbons (Fsp3) is 0.200. The van der Waals surface area contributed by atoms with E-state index in [0.717, 1.165) is 17.4 Å². The highest BCUT2D eigenvalue weighted by atomic mass is 32.1. The summed E-state index contributed by atoms with van der Waals surface area (Å²) in [6.07, 6.45) is 1.42. The molecule has 0 aliphatic heterocycles. The van der Waals surface area contributed by atoms with Crippen molar-refractivity contribution in [3.63, 3.8) is 0 Å². The molecule has 0 N–H and O–H groups in total. The van der Waals surface area contributed by atoms with Gasteiger partial charge in [-0.25, -0.2) is 18.7 Å². The van der Waals surface area contributed by atoms with E-state index in [-0.39, 0.29) is 16.3 Å². The van der Waals surface area contributed by atoms with Gasteiger partial charge in [0.05, 0.1) is 21.9 Å². The zero-order chi connectivity index (χ0) is 20.5. The van der Waals surface area contributed by atoms with Gasteiger partial charge in [-0.15, -0.1) is 0 Å². The number of thiazole rings is 1. The summed E-state index contributed by atoms with van der Waals surface area (Å²) < 4.78 is 28.0. The van der Waals surface area contributed by atoms with E-state index in [4.69, 9.17) is 0 Å². The molecule has 29 heavy (non-hydrogen) atoms. The van der Waals surface area contributed by atoms with Gasteiger partial charge in [-0.2, -0.15) is 0 Å². The minimum absolute atomic E-state index is 0.0404. The van der Waals surface area contributed by atoms with Crippen LogP contribution >= 0.6 is 11.3 Å². The summed E-state index contributed by atoms with van der Waals surface area (Å²) in [6.45, 7) is 0.865. The third kappa shape index (κ3) is 3.92. The first-order chi connectivity index (χ1) is 13.9. The van der Waals surface area contributed by atoms with Crippen LogP contribution in [0.3, 0.4) is 0 Å². The number of carbonyl (C=O) groups excluding carboxylic acids is 1. The molecule has 0 radical (unpaired) electrons. The number of hydrogen-bond donors (Lipinski definition) is 0. The lowest BCUT2D eigenvalue weighted by Gasteiger charge is -2.21. The molecule has 2 heterocycles. The average molecular weight is 413 g/mol. The predicted octanol–water partition coefficient (Wildman–Crippen LogP) is 3.73. The predicted molar refractivity (Wildman–Crippen MR) is 109 cm³/mol. The number of para-hydroxylation sites is 2. The van der Waals surface area contributed by atoms with E-state index in [1.807, 2.05) is 37.2 Å². The zero-order valence-corrected chi connectivity index (χ0v) is 16.6. The lowest BCUT2D eigenvalue weighted by atomic mass is 10.3. The Kier molecular flexibility index (Phi) is 5.16. The number of amides is 1. The molecule has 0 fully saturated rings. The van der Waals surface area contributed by atoms with Crippen LogP contribution in [0.15, 0.2) is 42.6 Å². The minimum Gasteiger partial charge on any atom is -0.308 e. The van der Waals surface area contributed by atoms with Gasteiger partial charge < -0.3 is 4.90 Å². The maximum absolute atomic E-state index is 14.1. The summed E-state index contributed by atoms with van der Waals surface area (Å²) in [7, 11) is 3.76. The lowest BCUT2D eigenvalue weighted by molar-refractivity contribution is 0.0980. The first-order valence-electron chi connectivity index (χ1n) is 8.86. The van der Waals surface area contributed by atoms with E-state index in [1.54, 1.807) is 6.07 Å². The zero-order valence-electron chi connectivity index (χ0n) is 15.8. The molecule has 0 bridgehead atoms. The van der Waals surface area contributed by atoms with Crippen molar-refractivity contribution in [2.45, 2.75) is 0 Å². The third-order valence-electron chi connectivity index (χ3n) is 4.32. The second kappa shape index (κ2) is 7.76. The molecule has 0 saturated carbocycles. The third-order valence-corrected chi connectivity index (χ3v) is 5.34. The number of hydrogen-bond acceptors (Lipinski definition) is 6. The Morgan fingerprint density at radius 1 is 1.07 bits per heavy atom. The van der Waals surface area contributed by atoms with Crippen LogP contribution in [0, 0.1) is 11.6 Å². The second-order valence-electron chi connectivity index (χ2n) is 6.73. The smallest absolute Gasteiger partial charge is 0.280 e. The number of halogens is 2. The molecule has 0 atom stereocenters. The van der Waals surface area contributed by atoms with Crippen LogP contribution in [0.4, 0.5) is 13.9 Å². The van der Waals surface area contributed by atoms with Crippen LogP contribution in [0.2, 0.25) is 0 Å². The normalized spacial score (nSPS) is 11.5. The van der Waals surface area contributed by atoms with Crippen molar-refractivity contribution in [2.24, 2.45) is 0 Å². The monoisotopic (exact) mass is 413 g/mol. The van der Waals surface area contributed by atoms with Gasteiger partial charge in [-0.05, 0) is 32.3 Å².